The van der Waals surface area contributed by atoms with Crippen molar-refractivity contribution < 1.29 is 18.0 Å². The van der Waals surface area contributed by atoms with Gasteiger partial charge in [-0.2, -0.15) is 13.2 Å². The van der Waals surface area contributed by atoms with Gasteiger partial charge in [-0.25, -0.2) is 4.68 Å². The van der Waals surface area contributed by atoms with Crippen LogP contribution < -0.4 is 10.2 Å². The fourth-order valence-electron chi connectivity index (χ4n) is 3.31. The lowest BCUT2D eigenvalue weighted by Gasteiger charge is -2.22. The Kier molecular flexibility index (Phi) is 4.48. The molecule has 0 bridgehead atoms. The molecule has 2 aliphatic rings. The molecule has 2 fully saturated rings. The molecule has 4 rings (SSSR count). The van der Waals surface area contributed by atoms with Crippen LogP contribution in [0.1, 0.15) is 53.5 Å². The third kappa shape index (κ3) is 3.74. The number of nitrogens with one attached hydrogen (secondary N) is 1. The summed E-state index contributed by atoms with van der Waals surface area (Å²) >= 11 is 0. The molecule has 144 valence electrons. The summed E-state index contributed by atoms with van der Waals surface area (Å²) in [5.41, 5.74) is -0.199. The van der Waals surface area contributed by atoms with Crippen molar-refractivity contribution in [3.8, 4) is 0 Å². The average Bonchev–Trinajstić information content (AvgIpc) is 3.14. The van der Waals surface area contributed by atoms with E-state index in [9.17, 15) is 18.0 Å². The summed E-state index contributed by atoms with van der Waals surface area (Å²) in [4.78, 5) is 14.5. The van der Waals surface area contributed by atoms with Crippen molar-refractivity contribution in [3.63, 3.8) is 0 Å². The predicted molar refractivity (Wildman–Crippen MR) is 90.1 cm³/mol. The zero-order chi connectivity index (χ0) is 19.0. The molecule has 10 heteroatoms. The van der Waals surface area contributed by atoms with E-state index < -0.39 is 17.6 Å². The number of benzene rings is 1. The van der Waals surface area contributed by atoms with Crippen LogP contribution in [0.4, 0.5) is 18.9 Å². The van der Waals surface area contributed by atoms with Crippen LogP contribution in [0.3, 0.4) is 0 Å². The van der Waals surface area contributed by atoms with Crippen molar-refractivity contribution in [3.05, 3.63) is 35.2 Å². The van der Waals surface area contributed by atoms with Gasteiger partial charge in [-0.05, 0) is 54.3 Å². The highest BCUT2D eigenvalue weighted by Crippen LogP contribution is 2.35. The average molecular weight is 380 g/mol. The van der Waals surface area contributed by atoms with Crippen LogP contribution in [0.2, 0.25) is 0 Å². The van der Waals surface area contributed by atoms with Crippen molar-refractivity contribution in [1.82, 2.24) is 25.5 Å². The van der Waals surface area contributed by atoms with Crippen molar-refractivity contribution in [1.29, 1.82) is 0 Å². The standard InChI is InChI=1S/C17H19F3N6O/c18-17(19,20)11-3-6-13(14(9-11)25-7-1-2-8-25)16(27)21-10-15-22-23-24-26(15)12-4-5-12/h3,6,9,12H,1-2,4-5,7-8,10H2,(H,21,27). The Morgan fingerprint density at radius 1 is 1.22 bits per heavy atom. The van der Waals surface area contributed by atoms with E-state index in [1.54, 1.807) is 4.68 Å². The van der Waals surface area contributed by atoms with E-state index >= 15 is 0 Å². The summed E-state index contributed by atoms with van der Waals surface area (Å²) in [6, 6.07) is 3.53. The first-order valence-electron chi connectivity index (χ1n) is 8.94. The van der Waals surface area contributed by atoms with Gasteiger partial charge in [0.25, 0.3) is 5.91 Å². The van der Waals surface area contributed by atoms with Crippen molar-refractivity contribution in [2.75, 3.05) is 18.0 Å². The fraction of sp³-hybridized carbons (Fsp3) is 0.529. The van der Waals surface area contributed by atoms with Gasteiger partial charge in [0, 0.05) is 13.1 Å². The molecule has 1 amide bonds. The number of hydrogen-bond donors (Lipinski definition) is 1. The molecule has 7 nitrogen and oxygen atoms in total. The predicted octanol–water partition coefficient (Wildman–Crippen LogP) is 2.56. The molecule has 0 atom stereocenters. The largest absolute Gasteiger partial charge is 0.416 e. The molecule has 2 heterocycles. The van der Waals surface area contributed by atoms with Crippen LogP contribution in [0.15, 0.2) is 18.2 Å². The summed E-state index contributed by atoms with van der Waals surface area (Å²) in [5, 5.41) is 14.2. The smallest absolute Gasteiger partial charge is 0.371 e. The van der Waals surface area contributed by atoms with E-state index in [-0.39, 0.29) is 18.2 Å². The number of aromatic nitrogens is 4. The normalized spacial score (nSPS) is 17.4. The number of nitrogens with zero attached hydrogens (tertiary/aromatic N) is 5. The maximum atomic E-state index is 13.1. The number of tetrazole rings is 1. The zero-order valence-electron chi connectivity index (χ0n) is 14.5. The lowest BCUT2D eigenvalue weighted by molar-refractivity contribution is -0.137. The molecule has 0 unspecified atom stereocenters. The van der Waals surface area contributed by atoms with Crippen molar-refractivity contribution in [2.24, 2.45) is 0 Å². The van der Waals surface area contributed by atoms with E-state index in [4.69, 9.17) is 0 Å². The number of carbonyl (C=O) groups is 1. The Balaban J connectivity index is 1.55. The Bertz CT molecular complexity index is 839. The Morgan fingerprint density at radius 3 is 2.63 bits per heavy atom. The first kappa shape index (κ1) is 17.7. The first-order valence-corrected chi connectivity index (χ1v) is 8.94. The van der Waals surface area contributed by atoms with E-state index in [0.717, 1.165) is 37.8 Å². The van der Waals surface area contributed by atoms with Gasteiger partial charge < -0.3 is 10.2 Å². The molecule has 1 saturated heterocycles. The lowest BCUT2D eigenvalue weighted by Crippen LogP contribution is -2.28. The van der Waals surface area contributed by atoms with E-state index in [0.29, 0.717) is 24.6 Å². The zero-order valence-corrected chi connectivity index (χ0v) is 14.5. The maximum absolute atomic E-state index is 13.1. The van der Waals surface area contributed by atoms with E-state index in [2.05, 4.69) is 20.8 Å². The lowest BCUT2D eigenvalue weighted by atomic mass is 10.1. The molecular weight excluding hydrogens is 361 g/mol. The molecule has 1 N–H and O–H groups in total. The number of amides is 1. The van der Waals surface area contributed by atoms with Gasteiger partial charge in [-0.3, -0.25) is 4.79 Å². The second kappa shape index (κ2) is 6.82. The highest BCUT2D eigenvalue weighted by Gasteiger charge is 2.33. The fourth-order valence-corrected chi connectivity index (χ4v) is 3.31. The van der Waals surface area contributed by atoms with Crippen LogP contribution in [0, 0.1) is 0 Å². The second-order valence-electron chi connectivity index (χ2n) is 6.88. The Hall–Kier alpha value is -2.65. The number of carbonyl (C=O) groups excluding carboxylic acids is 1. The number of hydrogen-bond acceptors (Lipinski definition) is 5. The van der Waals surface area contributed by atoms with Crippen molar-refractivity contribution in [2.45, 2.75) is 44.4 Å². The molecule has 1 aliphatic heterocycles. The van der Waals surface area contributed by atoms with E-state index in [1.807, 2.05) is 4.90 Å². The van der Waals surface area contributed by atoms with Crippen LogP contribution in [-0.2, 0) is 12.7 Å². The molecule has 1 aromatic heterocycles. The molecule has 1 aromatic carbocycles. The molecule has 27 heavy (non-hydrogen) atoms. The third-order valence-corrected chi connectivity index (χ3v) is 4.88. The summed E-state index contributed by atoms with van der Waals surface area (Å²) in [5.74, 6) is 0.108. The van der Waals surface area contributed by atoms with Crippen LogP contribution >= 0.6 is 0 Å². The molecule has 1 saturated carbocycles. The summed E-state index contributed by atoms with van der Waals surface area (Å²) in [6.07, 6.45) is -0.648. The van der Waals surface area contributed by atoms with Gasteiger partial charge in [0.2, 0.25) is 0 Å². The minimum atomic E-state index is -4.45. The quantitative estimate of drug-likeness (QED) is 0.863. The topological polar surface area (TPSA) is 75.9 Å². The molecule has 0 spiro atoms. The highest BCUT2D eigenvalue weighted by molar-refractivity contribution is 6.00. The van der Waals surface area contributed by atoms with E-state index in [1.165, 1.54) is 6.07 Å². The summed E-state index contributed by atoms with van der Waals surface area (Å²) in [7, 11) is 0. The second-order valence-corrected chi connectivity index (χ2v) is 6.88. The number of rotatable bonds is 5. The number of halogens is 3. The number of anilines is 1. The van der Waals surface area contributed by atoms with Gasteiger partial charge >= 0.3 is 6.18 Å². The minimum absolute atomic E-state index is 0.128. The summed E-state index contributed by atoms with van der Waals surface area (Å²) in [6.45, 7) is 1.41. The Morgan fingerprint density at radius 2 is 1.96 bits per heavy atom. The van der Waals surface area contributed by atoms with Crippen LogP contribution in [-0.4, -0.2) is 39.2 Å². The minimum Gasteiger partial charge on any atom is -0.371 e. The third-order valence-electron chi connectivity index (χ3n) is 4.88. The van der Waals surface area contributed by atoms with Gasteiger partial charge in [0.15, 0.2) is 5.82 Å². The first-order chi connectivity index (χ1) is 12.9. The maximum Gasteiger partial charge on any atom is 0.416 e. The molecule has 2 aromatic rings. The SMILES string of the molecule is O=C(NCc1nnnn1C1CC1)c1ccc(C(F)(F)F)cc1N1CCCC1. The Labute approximate surface area is 153 Å². The van der Waals surface area contributed by atoms with Gasteiger partial charge in [-0.15, -0.1) is 5.10 Å². The summed E-state index contributed by atoms with van der Waals surface area (Å²) < 4.78 is 41.0. The van der Waals surface area contributed by atoms with Gasteiger partial charge in [0.1, 0.15) is 0 Å². The van der Waals surface area contributed by atoms with Crippen molar-refractivity contribution >= 4 is 11.6 Å². The highest BCUT2D eigenvalue weighted by atomic mass is 19.4. The van der Waals surface area contributed by atoms with Crippen LogP contribution in [0.5, 0.6) is 0 Å². The molecule has 0 radical (unpaired) electrons. The van der Waals surface area contributed by atoms with Crippen LogP contribution in [0.25, 0.3) is 0 Å². The monoisotopic (exact) mass is 380 g/mol. The molecular formula is C17H19F3N6O. The number of alkyl halides is 3. The van der Waals surface area contributed by atoms with Gasteiger partial charge in [0.05, 0.1) is 29.4 Å². The molecule has 1 aliphatic carbocycles. The van der Waals surface area contributed by atoms with Gasteiger partial charge in [-0.1, -0.05) is 0 Å².